The SMILES string of the molecule is CSc1cc(C(=O)N2CCC(C(=O)O)C2C)ccc1F. The van der Waals surface area contributed by atoms with Crippen LogP contribution >= 0.6 is 11.8 Å². The fourth-order valence-corrected chi connectivity index (χ4v) is 3.02. The second-order valence-corrected chi connectivity index (χ2v) is 5.67. The minimum Gasteiger partial charge on any atom is -0.481 e. The summed E-state index contributed by atoms with van der Waals surface area (Å²) in [6.45, 7) is 2.16. The first-order valence-corrected chi connectivity index (χ1v) is 7.55. The molecule has 0 saturated carbocycles. The molecule has 1 amide bonds. The molecule has 1 aliphatic heterocycles. The Balaban J connectivity index is 2.22. The highest BCUT2D eigenvalue weighted by Gasteiger charge is 2.38. The molecule has 20 heavy (non-hydrogen) atoms. The highest BCUT2D eigenvalue weighted by Crippen LogP contribution is 2.27. The highest BCUT2D eigenvalue weighted by molar-refractivity contribution is 7.98. The molecule has 1 aromatic carbocycles. The Labute approximate surface area is 121 Å². The zero-order chi connectivity index (χ0) is 14.9. The van der Waals surface area contributed by atoms with E-state index in [0.29, 0.717) is 23.4 Å². The van der Waals surface area contributed by atoms with Gasteiger partial charge in [-0.15, -0.1) is 11.8 Å². The van der Waals surface area contributed by atoms with Gasteiger partial charge in [0, 0.05) is 23.0 Å². The maximum Gasteiger partial charge on any atom is 0.308 e. The average Bonchev–Trinajstić information content (AvgIpc) is 2.80. The van der Waals surface area contributed by atoms with Crippen LogP contribution < -0.4 is 0 Å². The number of carbonyl (C=O) groups is 2. The molecule has 2 atom stereocenters. The van der Waals surface area contributed by atoms with Gasteiger partial charge in [-0.05, 0) is 37.8 Å². The molecule has 0 radical (unpaired) electrons. The number of halogens is 1. The third kappa shape index (κ3) is 2.65. The predicted molar refractivity (Wildman–Crippen MR) is 74.4 cm³/mol. The molecule has 1 saturated heterocycles. The van der Waals surface area contributed by atoms with E-state index >= 15 is 0 Å². The number of aliphatic carboxylic acids is 1. The van der Waals surface area contributed by atoms with Crippen LogP contribution in [0.1, 0.15) is 23.7 Å². The first-order chi connectivity index (χ1) is 9.45. The van der Waals surface area contributed by atoms with Crippen LogP contribution in [-0.4, -0.2) is 40.7 Å². The first-order valence-electron chi connectivity index (χ1n) is 6.33. The summed E-state index contributed by atoms with van der Waals surface area (Å²) in [6, 6.07) is 3.89. The predicted octanol–water partition coefficient (Wildman–Crippen LogP) is 2.48. The summed E-state index contributed by atoms with van der Waals surface area (Å²) in [5.41, 5.74) is 0.397. The summed E-state index contributed by atoms with van der Waals surface area (Å²) in [4.78, 5) is 25.4. The van der Waals surface area contributed by atoms with Crippen LogP contribution in [0.5, 0.6) is 0 Å². The van der Waals surface area contributed by atoms with E-state index in [1.54, 1.807) is 18.1 Å². The minimum atomic E-state index is -0.878. The summed E-state index contributed by atoms with van der Waals surface area (Å²) >= 11 is 1.24. The number of rotatable bonds is 3. The maximum atomic E-state index is 13.4. The van der Waals surface area contributed by atoms with Gasteiger partial charge >= 0.3 is 5.97 Å². The van der Waals surface area contributed by atoms with Crippen molar-refractivity contribution >= 4 is 23.6 Å². The van der Waals surface area contributed by atoms with Crippen LogP contribution in [0.4, 0.5) is 4.39 Å². The molecule has 108 valence electrons. The van der Waals surface area contributed by atoms with Crippen molar-refractivity contribution in [3.63, 3.8) is 0 Å². The van der Waals surface area contributed by atoms with Gasteiger partial charge in [-0.3, -0.25) is 9.59 Å². The number of nitrogens with zero attached hydrogens (tertiary/aromatic N) is 1. The maximum absolute atomic E-state index is 13.4. The van der Waals surface area contributed by atoms with E-state index < -0.39 is 11.9 Å². The molecule has 0 bridgehead atoms. The van der Waals surface area contributed by atoms with E-state index in [-0.39, 0.29) is 17.8 Å². The summed E-state index contributed by atoms with van der Waals surface area (Å²) in [5.74, 6) is -2.00. The largest absolute Gasteiger partial charge is 0.481 e. The molecule has 1 aliphatic rings. The molecular formula is C14H16FNO3S. The van der Waals surface area contributed by atoms with Gasteiger partial charge in [-0.2, -0.15) is 0 Å². The molecule has 0 aliphatic carbocycles. The van der Waals surface area contributed by atoms with Crippen molar-refractivity contribution in [3.05, 3.63) is 29.6 Å². The van der Waals surface area contributed by atoms with Gasteiger partial charge < -0.3 is 10.0 Å². The van der Waals surface area contributed by atoms with Crippen LogP contribution in [0, 0.1) is 11.7 Å². The van der Waals surface area contributed by atoms with E-state index in [9.17, 15) is 14.0 Å². The lowest BCUT2D eigenvalue weighted by Gasteiger charge is -2.23. The first kappa shape index (κ1) is 14.8. The molecule has 1 fully saturated rings. The fourth-order valence-electron chi connectivity index (χ4n) is 2.52. The van der Waals surface area contributed by atoms with Crippen LogP contribution in [0.15, 0.2) is 23.1 Å². The van der Waals surface area contributed by atoms with Gasteiger partial charge in [-0.1, -0.05) is 0 Å². The third-order valence-electron chi connectivity index (χ3n) is 3.73. The number of thioether (sulfide) groups is 1. The summed E-state index contributed by atoms with van der Waals surface area (Å²) in [7, 11) is 0. The Kier molecular flexibility index (Phi) is 4.32. The van der Waals surface area contributed by atoms with Crippen LogP contribution in [0.25, 0.3) is 0 Å². The van der Waals surface area contributed by atoms with Gasteiger partial charge in [0.1, 0.15) is 5.82 Å². The summed E-state index contributed by atoms with van der Waals surface area (Å²) in [6.07, 6.45) is 2.20. The fraction of sp³-hybridized carbons (Fsp3) is 0.429. The molecule has 0 spiro atoms. The quantitative estimate of drug-likeness (QED) is 0.871. The molecule has 2 rings (SSSR count). The molecular weight excluding hydrogens is 281 g/mol. The number of hydrogen-bond acceptors (Lipinski definition) is 3. The lowest BCUT2D eigenvalue weighted by molar-refractivity contribution is -0.142. The molecule has 1 aromatic rings. The Hall–Kier alpha value is -1.56. The summed E-state index contributed by atoms with van der Waals surface area (Å²) in [5, 5.41) is 9.08. The van der Waals surface area contributed by atoms with E-state index in [4.69, 9.17) is 5.11 Å². The monoisotopic (exact) mass is 297 g/mol. The number of carboxylic acids is 1. The van der Waals surface area contributed by atoms with Crippen molar-refractivity contribution in [2.45, 2.75) is 24.3 Å². The second-order valence-electron chi connectivity index (χ2n) is 4.82. The van der Waals surface area contributed by atoms with E-state index in [1.165, 1.54) is 30.0 Å². The van der Waals surface area contributed by atoms with Crippen molar-refractivity contribution in [2.24, 2.45) is 5.92 Å². The van der Waals surface area contributed by atoms with Gasteiger partial charge in [0.25, 0.3) is 5.91 Å². The normalized spacial score (nSPS) is 22.1. The molecule has 1 N–H and O–H groups in total. The molecule has 0 aromatic heterocycles. The summed E-state index contributed by atoms with van der Waals surface area (Å²) < 4.78 is 13.4. The smallest absolute Gasteiger partial charge is 0.308 e. The van der Waals surface area contributed by atoms with Crippen molar-refractivity contribution < 1.29 is 19.1 Å². The van der Waals surface area contributed by atoms with Gasteiger partial charge in [-0.25, -0.2) is 4.39 Å². The Morgan fingerprint density at radius 3 is 2.70 bits per heavy atom. The highest BCUT2D eigenvalue weighted by atomic mass is 32.2. The zero-order valence-corrected chi connectivity index (χ0v) is 12.1. The van der Waals surface area contributed by atoms with Crippen LogP contribution in [0.3, 0.4) is 0 Å². The van der Waals surface area contributed by atoms with Crippen molar-refractivity contribution in [2.75, 3.05) is 12.8 Å². The zero-order valence-electron chi connectivity index (χ0n) is 11.3. The number of carboxylic acid groups (broad SMARTS) is 1. The number of amides is 1. The number of benzene rings is 1. The van der Waals surface area contributed by atoms with E-state index in [1.807, 2.05) is 0 Å². The molecule has 4 nitrogen and oxygen atoms in total. The van der Waals surface area contributed by atoms with Crippen molar-refractivity contribution in [1.29, 1.82) is 0 Å². The molecule has 6 heteroatoms. The Morgan fingerprint density at radius 1 is 1.45 bits per heavy atom. The van der Waals surface area contributed by atoms with E-state index in [0.717, 1.165) is 0 Å². The minimum absolute atomic E-state index is 0.239. The average molecular weight is 297 g/mol. The van der Waals surface area contributed by atoms with Crippen LogP contribution in [0.2, 0.25) is 0 Å². The number of likely N-dealkylation sites (tertiary alicyclic amines) is 1. The van der Waals surface area contributed by atoms with Gasteiger partial charge in [0.15, 0.2) is 0 Å². The lowest BCUT2D eigenvalue weighted by Crippen LogP contribution is -2.37. The third-order valence-corrected chi connectivity index (χ3v) is 4.48. The lowest BCUT2D eigenvalue weighted by atomic mass is 10.0. The Morgan fingerprint density at radius 2 is 2.15 bits per heavy atom. The van der Waals surface area contributed by atoms with Gasteiger partial charge in [0.05, 0.1) is 5.92 Å². The Bertz CT molecular complexity index is 549. The van der Waals surface area contributed by atoms with E-state index in [2.05, 4.69) is 0 Å². The molecule has 1 heterocycles. The second kappa shape index (κ2) is 5.83. The van der Waals surface area contributed by atoms with Gasteiger partial charge in [0.2, 0.25) is 0 Å². The number of carbonyl (C=O) groups excluding carboxylic acids is 1. The van der Waals surface area contributed by atoms with Crippen molar-refractivity contribution in [3.8, 4) is 0 Å². The topological polar surface area (TPSA) is 57.6 Å². The van der Waals surface area contributed by atoms with Crippen molar-refractivity contribution in [1.82, 2.24) is 4.90 Å². The molecule has 2 unspecified atom stereocenters. The van der Waals surface area contributed by atoms with Crippen LogP contribution in [-0.2, 0) is 4.79 Å². The number of hydrogen-bond donors (Lipinski definition) is 1. The standard InChI is InChI=1S/C14H16FNO3S/c1-8-10(14(18)19)5-6-16(8)13(17)9-3-4-11(15)12(7-9)20-2/h3-4,7-8,10H,5-6H2,1-2H3,(H,18,19).